The lowest BCUT2D eigenvalue weighted by atomic mass is 9.90. The van der Waals surface area contributed by atoms with E-state index in [9.17, 15) is 9.00 Å². The highest BCUT2D eigenvalue weighted by Crippen LogP contribution is 2.30. The molecule has 0 bridgehead atoms. The third kappa shape index (κ3) is 13.6. The van der Waals surface area contributed by atoms with Crippen molar-refractivity contribution < 1.29 is 9.00 Å². The molecule has 1 aromatic carbocycles. The maximum absolute atomic E-state index is 12.1. The van der Waals surface area contributed by atoms with E-state index in [-0.39, 0.29) is 5.91 Å². The molecule has 232 valence electrons. The summed E-state index contributed by atoms with van der Waals surface area (Å²) in [4.78, 5) is 17.4. The summed E-state index contributed by atoms with van der Waals surface area (Å²) in [6.45, 7) is 15.6. The second-order valence-corrected chi connectivity index (χ2v) is 11.4. The van der Waals surface area contributed by atoms with Gasteiger partial charge in [-0.05, 0) is 74.8 Å². The molecule has 41 heavy (non-hydrogen) atoms. The lowest BCUT2D eigenvalue weighted by Gasteiger charge is -2.15. The zero-order valence-corrected chi connectivity index (χ0v) is 28.3. The fourth-order valence-corrected chi connectivity index (χ4v) is 5.23. The van der Waals surface area contributed by atoms with E-state index in [0.717, 1.165) is 47.3 Å². The normalized spacial score (nSPS) is 12.6. The summed E-state index contributed by atoms with van der Waals surface area (Å²) in [6, 6.07) is 4.16. The van der Waals surface area contributed by atoms with Crippen molar-refractivity contribution in [3.05, 3.63) is 64.5 Å². The van der Waals surface area contributed by atoms with Gasteiger partial charge in [-0.2, -0.15) is 0 Å². The van der Waals surface area contributed by atoms with Crippen LogP contribution in [0.5, 0.6) is 0 Å². The van der Waals surface area contributed by atoms with Gasteiger partial charge in [0.2, 0.25) is 0 Å². The first-order valence-electron chi connectivity index (χ1n) is 15.3. The Kier molecular flexibility index (Phi) is 20.4. The number of benzene rings is 1. The third-order valence-electron chi connectivity index (χ3n) is 6.91. The number of amides is 1. The molecule has 0 aliphatic heterocycles. The molecule has 0 spiro atoms. The highest BCUT2D eigenvalue weighted by molar-refractivity contribution is 7.88. The van der Waals surface area contributed by atoms with Gasteiger partial charge in [0.15, 0.2) is 0 Å². The number of H-pyrrole nitrogens is 1. The van der Waals surface area contributed by atoms with Crippen LogP contribution in [0.1, 0.15) is 108 Å². The summed E-state index contributed by atoms with van der Waals surface area (Å²) in [5.41, 5.74) is 10.7. The van der Waals surface area contributed by atoms with Crippen LogP contribution in [0.3, 0.4) is 0 Å². The van der Waals surface area contributed by atoms with E-state index >= 15 is 0 Å². The van der Waals surface area contributed by atoms with Gasteiger partial charge < -0.3 is 20.9 Å². The van der Waals surface area contributed by atoms with Crippen molar-refractivity contribution in [2.75, 3.05) is 26.9 Å². The largest absolute Gasteiger partial charge is 0.380 e. The Morgan fingerprint density at radius 3 is 2.27 bits per heavy atom. The predicted octanol–water partition coefficient (Wildman–Crippen LogP) is 8.15. The number of nitrogens with two attached hydrogens (primary N) is 1. The van der Waals surface area contributed by atoms with Gasteiger partial charge in [0.25, 0.3) is 5.91 Å². The molecule has 1 atom stereocenters. The third-order valence-corrected chi connectivity index (χ3v) is 7.84. The van der Waals surface area contributed by atoms with Crippen LogP contribution in [-0.4, -0.2) is 46.9 Å². The minimum absolute atomic E-state index is 0.374. The molecule has 4 N–H and O–H groups in total. The Labute approximate surface area is 253 Å². The molecule has 0 fully saturated rings. The van der Waals surface area contributed by atoms with Crippen LogP contribution >= 0.6 is 0 Å². The monoisotopic (exact) mass is 586 g/mol. The van der Waals surface area contributed by atoms with Crippen molar-refractivity contribution in [1.29, 1.82) is 0 Å². The summed E-state index contributed by atoms with van der Waals surface area (Å²) in [6.07, 6.45) is 20.1. The predicted molar refractivity (Wildman–Crippen MR) is 182 cm³/mol. The van der Waals surface area contributed by atoms with Crippen LogP contribution in [0.2, 0.25) is 0 Å². The van der Waals surface area contributed by atoms with Gasteiger partial charge in [0, 0.05) is 44.7 Å². The standard InChI is InChI=1S/C25H36N2O.C7H16N2OS.C2H6/c1-5-8-9-10-13-18(4)20-15-22-21(14-19(11-6-2)12-7-3)17-27-24(22)23(16-20)25(26)28;1-5-9(3)6-7(8-2)11(4)10;1-2/h5,8,13,15-17,19,27H,6-7,9-12,14H2,1-4H3,(H2,26,28);6,8H,5H2,1-4H3;1-2H3/b8-5-,18-13+;7-6+;. The second-order valence-electron chi connectivity index (χ2n) is 10.1. The number of primary amides is 1. The minimum Gasteiger partial charge on any atom is -0.380 e. The first-order chi connectivity index (χ1) is 19.6. The van der Waals surface area contributed by atoms with Crippen molar-refractivity contribution in [2.45, 2.75) is 93.4 Å². The SMILES string of the molecule is C/C=C\CC/C=C(\C)c1cc(C(N)=O)c2[nH]cc(CC(CCC)CCC)c2c1.CC.CCN(C)/C=C(\NC)S(C)=O. The molecule has 0 saturated heterocycles. The lowest BCUT2D eigenvalue weighted by molar-refractivity contribution is 0.100. The van der Waals surface area contributed by atoms with Crippen molar-refractivity contribution >= 4 is 33.2 Å². The van der Waals surface area contributed by atoms with Crippen LogP contribution in [0.15, 0.2) is 47.8 Å². The van der Waals surface area contributed by atoms with E-state index in [4.69, 9.17) is 5.73 Å². The van der Waals surface area contributed by atoms with Crippen molar-refractivity contribution in [2.24, 2.45) is 11.7 Å². The molecule has 0 saturated carbocycles. The molecular formula is C34H58N4O2S. The Morgan fingerprint density at radius 1 is 1.15 bits per heavy atom. The summed E-state index contributed by atoms with van der Waals surface area (Å²) in [5.74, 6) is 0.313. The average molecular weight is 587 g/mol. The highest BCUT2D eigenvalue weighted by atomic mass is 32.2. The Morgan fingerprint density at radius 2 is 1.78 bits per heavy atom. The maximum atomic E-state index is 12.1. The number of hydrogen-bond donors (Lipinski definition) is 3. The summed E-state index contributed by atoms with van der Waals surface area (Å²) in [7, 11) is 2.81. The Hall–Kier alpha value is -2.80. The van der Waals surface area contributed by atoms with E-state index < -0.39 is 10.8 Å². The first-order valence-corrected chi connectivity index (χ1v) is 16.8. The summed E-state index contributed by atoms with van der Waals surface area (Å²) in [5, 5.41) is 4.79. The molecule has 0 radical (unpaired) electrons. The van der Waals surface area contributed by atoms with Crippen LogP contribution in [0.4, 0.5) is 0 Å². The first kappa shape index (κ1) is 38.2. The topological polar surface area (TPSA) is 91.2 Å². The Bertz CT molecular complexity index is 1140. The summed E-state index contributed by atoms with van der Waals surface area (Å²) < 4.78 is 11.0. The molecule has 2 rings (SSSR count). The van der Waals surface area contributed by atoms with Gasteiger partial charge in [-0.1, -0.05) is 71.6 Å². The number of allylic oxidation sites excluding steroid dienone is 4. The zero-order chi connectivity index (χ0) is 31.4. The molecule has 6 nitrogen and oxygen atoms in total. The fourth-order valence-electron chi connectivity index (χ4n) is 4.61. The molecule has 1 unspecified atom stereocenters. The number of carbonyl (C=O) groups excluding carboxylic acids is 1. The number of unbranched alkanes of at least 4 members (excludes halogenated alkanes) is 1. The quantitative estimate of drug-likeness (QED) is 0.145. The van der Waals surface area contributed by atoms with E-state index in [1.54, 1.807) is 13.3 Å². The minimum atomic E-state index is -0.917. The maximum Gasteiger partial charge on any atom is 0.250 e. The molecule has 1 heterocycles. The average Bonchev–Trinajstić information content (AvgIpc) is 3.37. The smallest absolute Gasteiger partial charge is 0.250 e. The lowest BCUT2D eigenvalue weighted by Crippen LogP contribution is -2.17. The number of rotatable bonds is 15. The summed E-state index contributed by atoms with van der Waals surface area (Å²) >= 11 is 0. The molecule has 2 aromatic rings. The van der Waals surface area contributed by atoms with E-state index in [1.807, 2.05) is 51.9 Å². The fraction of sp³-hybridized carbons (Fsp3) is 0.559. The highest BCUT2D eigenvalue weighted by Gasteiger charge is 2.17. The van der Waals surface area contributed by atoms with Crippen molar-refractivity contribution in [1.82, 2.24) is 15.2 Å². The van der Waals surface area contributed by atoms with Gasteiger partial charge in [-0.3, -0.25) is 9.00 Å². The van der Waals surface area contributed by atoms with Gasteiger partial charge in [0.1, 0.15) is 5.03 Å². The molecule has 0 aliphatic rings. The zero-order valence-electron chi connectivity index (χ0n) is 27.5. The van der Waals surface area contributed by atoms with Crippen LogP contribution in [0.25, 0.3) is 16.5 Å². The van der Waals surface area contributed by atoms with Gasteiger partial charge >= 0.3 is 0 Å². The number of aromatic amines is 1. The van der Waals surface area contributed by atoms with E-state index in [2.05, 4.69) is 61.6 Å². The molecule has 7 heteroatoms. The number of fused-ring (bicyclic) bond motifs is 1. The molecular weight excluding hydrogens is 528 g/mol. The number of hydrogen-bond acceptors (Lipinski definition) is 4. The Balaban J connectivity index is 0.00000104. The van der Waals surface area contributed by atoms with Gasteiger partial charge in [0.05, 0.1) is 21.9 Å². The molecule has 0 aliphatic carbocycles. The van der Waals surface area contributed by atoms with Gasteiger partial charge in [-0.25, -0.2) is 0 Å². The number of nitrogens with one attached hydrogen (secondary N) is 2. The second kappa shape index (κ2) is 21.9. The van der Waals surface area contributed by atoms with Crippen molar-refractivity contribution in [3.8, 4) is 0 Å². The number of carbonyl (C=O) groups is 1. The van der Waals surface area contributed by atoms with Crippen molar-refractivity contribution in [3.63, 3.8) is 0 Å². The molecule has 1 amide bonds. The number of nitrogens with zero attached hydrogens (tertiary/aromatic N) is 1. The van der Waals surface area contributed by atoms with Gasteiger partial charge in [-0.15, -0.1) is 0 Å². The van der Waals surface area contributed by atoms with Crippen LogP contribution < -0.4 is 11.1 Å². The number of aromatic nitrogens is 1. The molecule has 1 aromatic heterocycles. The van der Waals surface area contributed by atoms with E-state index in [1.165, 1.54) is 36.8 Å². The van der Waals surface area contributed by atoms with Crippen LogP contribution in [-0.2, 0) is 17.2 Å². The van der Waals surface area contributed by atoms with Crippen LogP contribution in [0, 0.1) is 5.92 Å². The van der Waals surface area contributed by atoms with E-state index in [0.29, 0.717) is 11.5 Å².